The number of nitrogens with one attached hydrogen (secondary N) is 2. The third-order valence-corrected chi connectivity index (χ3v) is 10.7. The van der Waals surface area contributed by atoms with Crippen LogP contribution in [0.3, 0.4) is 0 Å². The molecule has 0 radical (unpaired) electrons. The molecular formula is C30H42N4O6S. The average Bonchev–Trinajstić information content (AvgIpc) is 3.02. The van der Waals surface area contributed by atoms with Crippen molar-refractivity contribution in [3.8, 4) is 0 Å². The molecule has 2 fully saturated rings. The molecule has 0 saturated carbocycles. The highest BCUT2D eigenvalue weighted by atomic mass is 32.2. The topological polar surface area (TPSA) is 128 Å². The fourth-order valence-corrected chi connectivity index (χ4v) is 7.72. The Hall–Kier alpha value is -2.99. The van der Waals surface area contributed by atoms with E-state index in [0.29, 0.717) is 37.8 Å². The number of piperidine rings is 2. The van der Waals surface area contributed by atoms with Gasteiger partial charge in [0.2, 0.25) is 5.91 Å². The van der Waals surface area contributed by atoms with E-state index in [9.17, 15) is 23.2 Å². The van der Waals surface area contributed by atoms with E-state index in [1.165, 1.54) is 12.7 Å². The molecule has 0 aromatic heterocycles. The zero-order valence-electron chi connectivity index (χ0n) is 23.8. The smallest absolute Gasteiger partial charge is 0.267 e. The summed E-state index contributed by atoms with van der Waals surface area (Å²) in [5.41, 5.74) is 2.14. The lowest BCUT2D eigenvalue weighted by Crippen LogP contribution is -2.58. The Morgan fingerprint density at radius 1 is 1.07 bits per heavy atom. The number of aryl methyl sites for hydroxylation is 1. The number of rotatable bonds is 12. The second-order valence-corrected chi connectivity index (χ2v) is 13.1. The molecule has 2 aromatic rings. The molecule has 2 amide bonds. The quantitative estimate of drug-likeness (QED) is 0.197. The molecule has 4 rings (SSSR count). The average molecular weight is 587 g/mol. The minimum atomic E-state index is -4.09. The van der Waals surface area contributed by atoms with Crippen molar-refractivity contribution in [1.82, 2.24) is 15.7 Å². The minimum Gasteiger partial charge on any atom is -0.383 e. The fourth-order valence-electron chi connectivity index (χ4n) is 5.70. The van der Waals surface area contributed by atoms with Crippen LogP contribution in [0.1, 0.15) is 37.7 Å². The van der Waals surface area contributed by atoms with Crippen molar-refractivity contribution in [1.29, 1.82) is 0 Å². The first-order valence-corrected chi connectivity index (χ1v) is 15.9. The summed E-state index contributed by atoms with van der Waals surface area (Å²) in [6, 6.07) is 16.8. The van der Waals surface area contributed by atoms with E-state index >= 15 is 0 Å². The van der Waals surface area contributed by atoms with Gasteiger partial charge in [-0.25, -0.2) is 13.5 Å². The highest BCUT2D eigenvalue weighted by molar-refractivity contribution is 7.93. The van der Waals surface area contributed by atoms with E-state index < -0.39 is 20.5 Å². The Morgan fingerprint density at radius 2 is 1.73 bits per heavy atom. The molecule has 0 aliphatic carbocycles. The van der Waals surface area contributed by atoms with Crippen LogP contribution in [0, 0.1) is 5.92 Å². The van der Waals surface area contributed by atoms with Gasteiger partial charge in [0.15, 0.2) is 14.6 Å². The monoisotopic (exact) mass is 586 g/mol. The van der Waals surface area contributed by atoms with E-state index in [-0.39, 0.29) is 42.7 Å². The standard InChI is InChI=1S/C30H42N4O6S/c1-40-23-22-34(37)29(36)30(15-18-31-19-16-30)41(38,39)27-11-9-26(10-12-27)33-20-13-25(14-21-33)28(35)32-17-5-8-24-6-3-2-4-7-24/h2-4,6-7,9-12,25,31,37H,5,8,13-23H2,1H3,(H,32,35). The van der Waals surface area contributed by atoms with Crippen LogP contribution in [0.4, 0.5) is 5.69 Å². The van der Waals surface area contributed by atoms with Crippen LogP contribution < -0.4 is 15.5 Å². The van der Waals surface area contributed by atoms with Gasteiger partial charge in [0.25, 0.3) is 5.91 Å². The summed E-state index contributed by atoms with van der Waals surface area (Å²) in [7, 11) is -2.65. The zero-order chi connectivity index (χ0) is 29.3. The first-order chi connectivity index (χ1) is 19.8. The molecule has 2 aromatic carbocycles. The summed E-state index contributed by atoms with van der Waals surface area (Å²) in [5, 5.41) is 17.0. The molecule has 2 heterocycles. The molecule has 0 unspecified atom stereocenters. The van der Waals surface area contributed by atoms with Crippen molar-refractivity contribution in [3.05, 3.63) is 60.2 Å². The second kappa shape index (κ2) is 14.3. The van der Waals surface area contributed by atoms with Gasteiger partial charge in [-0.2, -0.15) is 0 Å². The lowest BCUT2D eigenvalue weighted by molar-refractivity contribution is -0.171. The Kier molecular flexibility index (Phi) is 10.8. The van der Waals surface area contributed by atoms with Crippen molar-refractivity contribution in [2.75, 3.05) is 57.9 Å². The SMILES string of the molecule is COCCN(O)C(=O)C1(S(=O)(=O)c2ccc(N3CCC(C(=O)NCCCc4ccccc4)CC3)cc2)CCNCC1. The highest BCUT2D eigenvalue weighted by Gasteiger charge is 2.53. The Labute approximate surface area is 242 Å². The third-order valence-electron chi connectivity index (χ3n) is 8.22. The molecule has 0 spiro atoms. The zero-order valence-corrected chi connectivity index (χ0v) is 24.6. The van der Waals surface area contributed by atoms with Crippen LogP contribution in [0.2, 0.25) is 0 Å². The number of anilines is 1. The fraction of sp³-hybridized carbons (Fsp3) is 0.533. The Morgan fingerprint density at radius 3 is 2.37 bits per heavy atom. The number of ether oxygens (including phenoxy) is 1. The van der Waals surface area contributed by atoms with Crippen molar-refractivity contribution in [3.63, 3.8) is 0 Å². The molecule has 41 heavy (non-hydrogen) atoms. The van der Waals surface area contributed by atoms with E-state index in [1.807, 2.05) is 18.2 Å². The van der Waals surface area contributed by atoms with Gasteiger partial charge < -0.3 is 20.3 Å². The number of amides is 2. The molecule has 0 atom stereocenters. The molecule has 224 valence electrons. The number of methoxy groups -OCH3 is 1. The number of hydroxylamine groups is 2. The first kappa shape index (κ1) is 31.0. The maximum Gasteiger partial charge on any atom is 0.267 e. The van der Waals surface area contributed by atoms with Gasteiger partial charge in [-0.1, -0.05) is 30.3 Å². The van der Waals surface area contributed by atoms with Gasteiger partial charge in [0.05, 0.1) is 18.0 Å². The normalized spacial score (nSPS) is 17.7. The van der Waals surface area contributed by atoms with Gasteiger partial charge in [0.1, 0.15) is 0 Å². The van der Waals surface area contributed by atoms with Crippen LogP contribution in [0.15, 0.2) is 59.5 Å². The number of carbonyl (C=O) groups is 2. The van der Waals surface area contributed by atoms with Gasteiger partial charge in [-0.05, 0) is 81.4 Å². The molecule has 2 saturated heterocycles. The van der Waals surface area contributed by atoms with Gasteiger partial charge in [-0.3, -0.25) is 14.8 Å². The molecular weight excluding hydrogens is 544 g/mol. The highest BCUT2D eigenvalue weighted by Crippen LogP contribution is 2.36. The first-order valence-electron chi connectivity index (χ1n) is 14.4. The van der Waals surface area contributed by atoms with Crippen molar-refractivity contribution in [2.45, 2.75) is 48.2 Å². The Bertz CT molecular complexity index is 1240. The van der Waals surface area contributed by atoms with Crippen LogP contribution >= 0.6 is 0 Å². The predicted molar refractivity (Wildman–Crippen MR) is 157 cm³/mol. The molecule has 2 aliphatic heterocycles. The number of hydrogen-bond donors (Lipinski definition) is 3. The van der Waals surface area contributed by atoms with Crippen LogP contribution in [0.25, 0.3) is 0 Å². The number of hydrogen-bond acceptors (Lipinski definition) is 8. The van der Waals surface area contributed by atoms with E-state index in [4.69, 9.17) is 4.74 Å². The minimum absolute atomic E-state index is 0.0343. The lowest BCUT2D eigenvalue weighted by atomic mass is 9.95. The Balaban J connectivity index is 1.33. The van der Waals surface area contributed by atoms with Crippen molar-refractivity contribution >= 4 is 27.3 Å². The summed E-state index contributed by atoms with van der Waals surface area (Å²) >= 11 is 0. The lowest BCUT2D eigenvalue weighted by Gasteiger charge is -2.37. The van der Waals surface area contributed by atoms with Crippen LogP contribution in [0.5, 0.6) is 0 Å². The maximum absolute atomic E-state index is 13.8. The summed E-state index contributed by atoms with van der Waals surface area (Å²) < 4.78 is 30.9. The molecule has 3 N–H and O–H groups in total. The summed E-state index contributed by atoms with van der Waals surface area (Å²) in [4.78, 5) is 28.2. The third kappa shape index (κ3) is 7.27. The van der Waals surface area contributed by atoms with Crippen LogP contribution in [-0.4, -0.2) is 88.2 Å². The van der Waals surface area contributed by atoms with Crippen LogP contribution in [-0.2, 0) is 30.6 Å². The summed E-state index contributed by atoms with van der Waals surface area (Å²) in [5.74, 6) is -0.756. The number of carbonyl (C=O) groups excluding carboxylic acids is 2. The molecule has 0 bridgehead atoms. The summed E-state index contributed by atoms with van der Waals surface area (Å²) in [6.45, 7) is 2.75. The van der Waals surface area contributed by atoms with E-state index in [2.05, 4.69) is 27.7 Å². The van der Waals surface area contributed by atoms with Gasteiger partial charge >= 0.3 is 0 Å². The number of benzene rings is 2. The van der Waals surface area contributed by atoms with E-state index in [1.54, 1.807) is 24.3 Å². The second-order valence-electron chi connectivity index (χ2n) is 10.8. The van der Waals surface area contributed by atoms with E-state index in [0.717, 1.165) is 31.4 Å². The summed E-state index contributed by atoms with van der Waals surface area (Å²) in [6.07, 6.45) is 3.43. The van der Waals surface area contributed by atoms with Crippen molar-refractivity contribution < 1.29 is 28.0 Å². The molecule has 11 heteroatoms. The largest absolute Gasteiger partial charge is 0.383 e. The van der Waals surface area contributed by atoms with Gasteiger partial charge in [0, 0.05) is 38.3 Å². The number of sulfone groups is 1. The van der Waals surface area contributed by atoms with Crippen molar-refractivity contribution in [2.24, 2.45) is 5.92 Å². The maximum atomic E-state index is 13.8. The predicted octanol–water partition coefficient (Wildman–Crippen LogP) is 2.41. The van der Waals surface area contributed by atoms with Gasteiger partial charge in [-0.15, -0.1) is 0 Å². The molecule has 10 nitrogen and oxygen atoms in total. The number of nitrogens with zero attached hydrogens (tertiary/aromatic N) is 2. The molecule has 2 aliphatic rings.